The van der Waals surface area contributed by atoms with E-state index >= 15 is 0 Å². The van der Waals surface area contributed by atoms with Crippen LogP contribution >= 0.6 is 0 Å². The quantitative estimate of drug-likeness (QED) is 0.644. The topological polar surface area (TPSA) is 29.5 Å². The third-order valence-corrected chi connectivity index (χ3v) is 3.48. The van der Waals surface area contributed by atoms with Gasteiger partial charge in [0.05, 0.1) is 6.61 Å². The van der Waals surface area contributed by atoms with Crippen molar-refractivity contribution >= 4 is 0 Å². The third-order valence-electron chi connectivity index (χ3n) is 3.48. The summed E-state index contributed by atoms with van der Waals surface area (Å²) in [7, 11) is 0. The van der Waals surface area contributed by atoms with E-state index in [1.54, 1.807) is 0 Å². The van der Waals surface area contributed by atoms with Crippen LogP contribution in [0.3, 0.4) is 0 Å². The van der Waals surface area contributed by atoms with Crippen LogP contribution in [0.2, 0.25) is 0 Å². The Kier molecular flexibility index (Phi) is 8.04. The Morgan fingerprint density at radius 3 is 1.94 bits per heavy atom. The van der Waals surface area contributed by atoms with Crippen LogP contribution in [0, 0.1) is 23.7 Å². The van der Waals surface area contributed by atoms with Crippen molar-refractivity contribution in [3.8, 4) is 0 Å². The van der Waals surface area contributed by atoms with Gasteiger partial charge in [-0.3, -0.25) is 0 Å². The second-order valence-electron chi connectivity index (χ2n) is 5.69. The standard InChI is InChI=1S/C14H30O2/c1-7-11(4)13(6)9-16-14(15)12(5)8-10(2)3/h10-15H,7-9H2,1-6H3. The Hall–Kier alpha value is -0.0800. The molecule has 98 valence electrons. The van der Waals surface area contributed by atoms with Crippen LogP contribution in [0.5, 0.6) is 0 Å². The molecule has 16 heavy (non-hydrogen) atoms. The second kappa shape index (κ2) is 8.08. The van der Waals surface area contributed by atoms with Crippen LogP contribution in [0.4, 0.5) is 0 Å². The maximum atomic E-state index is 9.85. The summed E-state index contributed by atoms with van der Waals surface area (Å²) >= 11 is 0. The fraction of sp³-hybridized carbons (Fsp3) is 1.00. The van der Waals surface area contributed by atoms with Crippen LogP contribution in [-0.2, 0) is 4.74 Å². The number of rotatable bonds is 8. The highest BCUT2D eigenvalue weighted by Gasteiger charge is 2.18. The van der Waals surface area contributed by atoms with Crippen LogP contribution in [0.15, 0.2) is 0 Å². The Labute approximate surface area is 101 Å². The van der Waals surface area contributed by atoms with Crippen LogP contribution in [0.1, 0.15) is 54.4 Å². The summed E-state index contributed by atoms with van der Waals surface area (Å²) in [5.74, 6) is 2.02. The van der Waals surface area contributed by atoms with Gasteiger partial charge in [0.1, 0.15) is 0 Å². The molecule has 0 bridgehead atoms. The minimum atomic E-state index is -0.603. The Bertz CT molecular complexity index is 168. The molecule has 0 fully saturated rings. The van der Waals surface area contributed by atoms with E-state index < -0.39 is 6.29 Å². The molecule has 0 rings (SSSR count). The number of hydrogen-bond donors (Lipinski definition) is 1. The van der Waals surface area contributed by atoms with Gasteiger partial charge in [0.2, 0.25) is 0 Å². The minimum Gasteiger partial charge on any atom is -0.368 e. The fourth-order valence-corrected chi connectivity index (χ4v) is 1.84. The molecule has 2 nitrogen and oxygen atoms in total. The molecular weight excluding hydrogens is 200 g/mol. The average molecular weight is 230 g/mol. The molecule has 1 N–H and O–H groups in total. The van der Waals surface area contributed by atoms with Crippen molar-refractivity contribution in [3.05, 3.63) is 0 Å². The molecule has 0 amide bonds. The van der Waals surface area contributed by atoms with Gasteiger partial charge in [-0.15, -0.1) is 0 Å². The number of ether oxygens (including phenoxy) is 1. The molecule has 4 unspecified atom stereocenters. The molecule has 0 radical (unpaired) electrons. The molecule has 0 aromatic carbocycles. The zero-order valence-electron chi connectivity index (χ0n) is 11.9. The highest BCUT2D eigenvalue weighted by atomic mass is 16.6. The van der Waals surface area contributed by atoms with Crippen molar-refractivity contribution in [2.24, 2.45) is 23.7 Å². The highest BCUT2D eigenvalue weighted by molar-refractivity contribution is 4.62. The van der Waals surface area contributed by atoms with Gasteiger partial charge in [-0.05, 0) is 24.2 Å². The van der Waals surface area contributed by atoms with Crippen molar-refractivity contribution in [1.29, 1.82) is 0 Å². The molecule has 2 heteroatoms. The lowest BCUT2D eigenvalue weighted by atomic mass is 9.94. The van der Waals surface area contributed by atoms with Crippen molar-refractivity contribution in [2.45, 2.75) is 60.7 Å². The minimum absolute atomic E-state index is 0.226. The second-order valence-corrected chi connectivity index (χ2v) is 5.69. The molecule has 4 atom stereocenters. The summed E-state index contributed by atoms with van der Waals surface area (Å²) in [5.41, 5.74) is 0. The van der Waals surface area contributed by atoms with Gasteiger partial charge < -0.3 is 9.84 Å². The predicted molar refractivity (Wildman–Crippen MR) is 69.2 cm³/mol. The van der Waals surface area contributed by atoms with Crippen LogP contribution in [0.25, 0.3) is 0 Å². The van der Waals surface area contributed by atoms with Gasteiger partial charge in [0, 0.05) is 5.92 Å². The summed E-state index contributed by atoms with van der Waals surface area (Å²) in [5, 5.41) is 9.85. The van der Waals surface area contributed by atoms with Gasteiger partial charge in [-0.2, -0.15) is 0 Å². The molecule has 0 aliphatic carbocycles. The summed E-state index contributed by atoms with van der Waals surface area (Å²) in [6.07, 6.45) is 1.58. The Balaban J connectivity index is 3.83. The molecule has 0 saturated carbocycles. The van der Waals surface area contributed by atoms with E-state index in [-0.39, 0.29) is 5.92 Å². The van der Waals surface area contributed by atoms with Crippen LogP contribution in [-0.4, -0.2) is 18.0 Å². The third kappa shape index (κ3) is 6.49. The molecule has 0 spiro atoms. The number of aliphatic hydroxyl groups excluding tert-OH is 1. The van der Waals surface area contributed by atoms with E-state index in [9.17, 15) is 5.11 Å². The lowest BCUT2D eigenvalue weighted by Crippen LogP contribution is -2.26. The average Bonchev–Trinajstić information content (AvgIpc) is 2.23. The Morgan fingerprint density at radius 2 is 1.50 bits per heavy atom. The van der Waals surface area contributed by atoms with Crippen molar-refractivity contribution < 1.29 is 9.84 Å². The summed E-state index contributed by atoms with van der Waals surface area (Å²) in [4.78, 5) is 0. The maximum Gasteiger partial charge on any atom is 0.157 e. The summed E-state index contributed by atoms with van der Waals surface area (Å²) in [6.45, 7) is 13.7. The van der Waals surface area contributed by atoms with Gasteiger partial charge >= 0.3 is 0 Å². The smallest absolute Gasteiger partial charge is 0.157 e. The predicted octanol–water partition coefficient (Wildman–Crippen LogP) is 3.69. The lowest BCUT2D eigenvalue weighted by molar-refractivity contribution is -0.144. The lowest BCUT2D eigenvalue weighted by Gasteiger charge is -2.24. The normalized spacial score (nSPS) is 19.5. The molecule has 0 aliphatic rings. The van der Waals surface area contributed by atoms with Crippen molar-refractivity contribution in [3.63, 3.8) is 0 Å². The SMILES string of the molecule is CCC(C)C(C)COC(O)C(C)CC(C)C. The van der Waals surface area contributed by atoms with Crippen molar-refractivity contribution in [1.82, 2.24) is 0 Å². The first-order valence-corrected chi connectivity index (χ1v) is 6.68. The molecule has 0 saturated heterocycles. The van der Waals surface area contributed by atoms with E-state index in [1.807, 2.05) is 0 Å². The molecular formula is C14H30O2. The fourth-order valence-electron chi connectivity index (χ4n) is 1.84. The van der Waals surface area contributed by atoms with Crippen LogP contribution < -0.4 is 0 Å². The first kappa shape index (κ1) is 15.9. The van der Waals surface area contributed by atoms with E-state index in [1.165, 1.54) is 6.42 Å². The first-order chi connectivity index (χ1) is 7.38. The van der Waals surface area contributed by atoms with Crippen molar-refractivity contribution in [2.75, 3.05) is 6.61 Å². The summed E-state index contributed by atoms with van der Waals surface area (Å²) in [6, 6.07) is 0. The largest absolute Gasteiger partial charge is 0.368 e. The number of hydrogen-bond acceptors (Lipinski definition) is 2. The van der Waals surface area contributed by atoms with Gasteiger partial charge in [0.25, 0.3) is 0 Å². The zero-order valence-corrected chi connectivity index (χ0v) is 11.9. The highest BCUT2D eigenvalue weighted by Crippen LogP contribution is 2.19. The monoisotopic (exact) mass is 230 g/mol. The maximum absolute atomic E-state index is 9.85. The molecule has 0 aromatic rings. The summed E-state index contributed by atoms with van der Waals surface area (Å²) < 4.78 is 5.54. The van der Waals surface area contributed by atoms with E-state index in [0.29, 0.717) is 24.4 Å². The van der Waals surface area contributed by atoms with E-state index in [0.717, 1.165) is 6.42 Å². The molecule has 0 aliphatic heterocycles. The molecule has 0 aromatic heterocycles. The van der Waals surface area contributed by atoms with Gasteiger partial charge in [-0.25, -0.2) is 0 Å². The van der Waals surface area contributed by atoms with E-state index in [4.69, 9.17) is 4.74 Å². The Morgan fingerprint density at radius 1 is 0.938 bits per heavy atom. The molecule has 0 heterocycles. The van der Waals surface area contributed by atoms with Gasteiger partial charge in [0.15, 0.2) is 6.29 Å². The van der Waals surface area contributed by atoms with E-state index in [2.05, 4.69) is 41.5 Å². The van der Waals surface area contributed by atoms with Gasteiger partial charge in [-0.1, -0.05) is 48.0 Å². The zero-order chi connectivity index (χ0) is 12.7. The number of aliphatic hydroxyl groups is 1. The first-order valence-electron chi connectivity index (χ1n) is 6.68.